The fourth-order valence-electron chi connectivity index (χ4n) is 4.42. The van der Waals surface area contributed by atoms with Crippen molar-refractivity contribution in [2.45, 2.75) is 44.6 Å². The summed E-state index contributed by atoms with van der Waals surface area (Å²) in [4.78, 5) is 14.7. The average molecular weight is 528 g/mol. The summed E-state index contributed by atoms with van der Waals surface area (Å²) >= 11 is 7.45. The first kappa shape index (κ1) is 26.3. The van der Waals surface area contributed by atoms with Gasteiger partial charge < -0.3 is 25.4 Å². The maximum absolute atomic E-state index is 13.1. The second-order valence-electron chi connectivity index (χ2n) is 8.92. The predicted octanol–water partition coefficient (Wildman–Crippen LogP) is 7.06. The highest BCUT2D eigenvalue weighted by Crippen LogP contribution is 2.36. The van der Waals surface area contributed by atoms with E-state index in [1.807, 2.05) is 49.5 Å². The molecule has 1 fully saturated rings. The van der Waals surface area contributed by atoms with E-state index in [0.717, 1.165) is 29.1 Å². The van der Waals surface area contributed by atoms with Crippen molar-refractivity contribution < 1.29 is 14.3 Å². The lowest BCUT2D eigenvalue weighted by molar-refractivity contribution is 0.103. The number of hydrogen-bond donors (Lipinski definition) is 3. The van der Waals surface area contributed by atoms with Gasteiger partial charge in [-0.2, -0.15) is 0 Å². The molecule has 0 spiro atoms. The topological polar surface area (TPSA) is 71.6 Å². The fourth-order valence-corrected chi connectivity index (χ4v) is 5.61. The van der Waals surface area contributed by atoms with Crippen molar-refractivity contribution >= 4 is 40.2 Å². The van der Waals surface area contributed by atoms with Crippen LogP contribution in [0.25, 0.3) is 10.4 Å². The molecule has 1 heterocycles. The van der Waals surface area contributed by atoms with Crippen molar-refractivity contribution in [1.29, 1.82) is 0 Å². The SMILES string of the molecule is CNc1cc(-c2ccc(Cl)cc2)sc1C(=O)Nc1ccc(OCCCNC2CCCCC2)c(OC)c1. The van der Waals surface area contributed by atoms with Crippen LogP contribution in [0.3, 0.4) is 0 Å². The average Bonchev–Trinajstić information content (AvgIpc) is 3.35. The number of rotatable bonds is 11. The van der Waals surface area contributed by atoms with E-state index >= 15 is 0 Å². The maximum atomic E-state index is 13.1. The lowest BCUT2D eigenvalue weighted by Crippen LogP contribution is -2.32. The summed E-state index contributed by atoms with van der Waals surface area (Å²) < 4.78 is 11.5. The molecule has 4 rings (SSSR count). The molecule has 1 aromatic heterocycles. The van der Waals surface area contributed by atoms with E-state index < -0.39 is 0 Å². The second kappa shape index (κ2) is 13.0. The van der Waals surface area contributed by atoms with E-state index in [9.17, 15) is 4.79 Å². The fraction of sp³-hybridized carbons (Fsp3) is 0.393. The number of thiophene rings is 1. The summed E-state index contributed by atoms with van der Waals surface area (Å²) in [6, 6.07) is 15.7. The lowest BCUT2D eigenvalue weighted by atomic mass is 9.95. The molecule has 8 heteroatoms. The first-order valence-corrected chi connectivity index (χ1v) is 13.7. The van der Waals surface area contributed by atoms with Gasteiger partial charge in [-0.05, 0) is 61.7 Å². The van der Waals surface area contributed by atoms with Crippen molar-refractivity contribution in [3.63, 3.8) is 0 Å². The number of methoxy groups -OCH3 is 1. The number of nitrogens with one attached hydrogen (secondary N) is 3. The van der Waals surface area contributed by atoms with Crippen molar-refractivity contribution in [3.8, 4) is 21.9 Å². The van der Waals surface area contributed by atoms with E-state index in [0.29, 0.717) is 39.7 Å². The maximum Gasteiger partial charge on any atom is 0.267 e. The third-order valence-electron chi connectivity index (χ3n) is 6.37. The van der Waals surface area contributed by atoms with Crippen molar-refractivity contribution in [2.24, 2.45) is 0 Å². The van der Waals surface area contributed by atoms with Crippen LogP contribution in [-0.2, 0) is 0 Å². The standard InChI is InChI=1S/C28H34ClN3O3S/c1-30-23-18-26(19-9-11-20(29)12-10-19)36-27(23)28(33)32-22-13-14-24(25(17-22)34-2)35-16-6-15-31-21-7-4-3-5-8-21/h9-14,17-18,21,30-31H,3-8,15-16H2,1-2H3,(H,32,33). The molecule has 1 amide bonds. The summed E-state index contributed by atoms with van der Waals surface area (Å²) in [6.07, 6.45) is 7.53. The van der Waals surface area contributed by atoms with Crippen LogP contribution in [0.1, 0.15) is 48.2 Å². The van der Waals surface area contributed by atoms with Crippen LogP contribution in [0.15, 0.2) is 48.5 Å². The van der Waals surface area contributed by atoms with E-state index in [1.165, 1.54) is 43.4 Å². The monoisotopic (exact) mass is 527 g/mol. The van der Waals surface area contributed by atoms with Crippen molar-refractivity contribution in [1.82, 2.24) is 5.32 Å². The first-order chi connectivity index (χ1) is 17.6. The van der Waals surface area contributed by atoms with Gasteiger partial charge in [-0.25, -0.2) is 0 Å². The van der Waals surface area contributed by atoms with Crippen LogP contribution in [-0.4, -0.2) is 39.3 Å². The number of amides is 1. The summed E-state index contributed by atoms with van der Waals surface area (Å²) in [6.45, 7) is 1.56. The van der Waals surface area contributed by atoms with Crippen molar-refractivity contribution in [2.75, 3.05) is 37.9 Å². The molecule has 192 valence electrons. The third-order valence-corrected chi connectivity index (χ3v) is 7.81. The molecular weight excluding hydrogens is 494 g/mol. The van der Waals surface area contributed by atoms with Gasteiger partial charge in [-0.3, -0.25) is 4.79 Å². The van der Waals surface area contributed by atoms with Crippen LogP contribution in [0.4, 0.5) is 11.4 Å². The minimum absolute atomic E-state index is 0.186. The predicted molar refractivity (Wildman–Crippen MR) is 150 cm³/mol. The Morgan fingerprint density at radius 2 is 1.83 bits per heavy atom. The Balaban J connectivity index is 1.34. The van der Waals surface area contributed by atoms with Gasteiger partial charge in [0.25, 0.3) is 5.91 Å². The second-order valence-corrected chi connectivity index (χ2v) is 10.4. The summed E-state index contributed by atoms with van der Waals surface area (Å²) in [5, 5.41) is 10.4. The van der Waals surface area contributed by atoms with E-state index in [-0.39, 0.29) is 5.91 Å². The van der Waals surface area contributed by atoms with Crippen molar-refractivity contribution in [3.05, 3.63) is 58.4 Å². The molecule has 3 aromatic rings. The number of ether oxygens (including phenoxy) is 2. The lowest BCUT2D eigenvalue weighted by Gasteiger charge is -2.22. The Morgan fingerprint density at radius 3 is 2.56 bits per heavy atom. The Kier molecular flexibility index (Phi) is 9.50. The number of halogens is 1. The minimum Gasteiger partial charge on any atom is -0.493 e. The highest BCUT2D eigenvalue weighted by atomic mass is 35.5. The molecule has 0 radical (unpaired) electrons. The van der Waals surface area contributed by atoms with Gasteiger partial charge in [0.1, 0.15) is 4.88 Å². The minimum atomic E-state index is -0.186. The molecule has 6 nitrogen and oxygen atoms in total. The molecule has 3 N–H and O–H groups in total. The van der Waals surface area contributed by atoms with Gasteiger partial charge in [0, 0.05) is 34.7 Å². The molecular formula is C28H34ClN3O3S. The largest absolute Gasteiger partial charge is 0.493 e. The summed E-state index contributed by atoms with van der Waals surface area (Å²) in [5.74, 6) is 1.08. The van der Waals surface area contributed by atoms with Crippen LogP contribution in [0.5, 0.6) is 11.5 Å². The zero-order chi connectivity index (χ0) is 25.3. The molecule has 1 aliphatic rings. The number of carbonyl (C=O) groups is 1. The number of hydrogen-bond acceptors (Lipinski definition) is 6. The Labute approximate surface area is 222 Å². The van der Waals surface area contributed by atoms with E-state index in [1.54, 1.807) is 13.2 Å². The smallest absolute Gasteiger partial charge is 0.267 e. The van der Waals surface area contributed by atoms with Gasteiger partial charge in [0.2, 0.25) is 0 Å². The first-order valence-electron chi connectivity index (χ1n) is 12.5. The highest BCUT2D eigenvalue weighted by molar-refractivity contribution is 7.18. The Morgan fingerprint density at radius 1 is 1.06 bits per heavy atom. The molecule has 1 aliphatic carbocycles. The number of carbonyl (C=O) groups excluding carboxylic acids is 1. The van der Waals surface area contributed by atoms with E-state index in [4.69, 9.17) is 21.1 Å². The Bertz CT molecular complexity index is 1140. The zero-order valence-electron chi connectivity index (χ0n) is 20.9. The normalized spacial score (nSPS) is 13.9. The van der Waals surface area contributed by atoms with Gasteiger partial charge in [0.05, 0.1) is 19.4 Å². The molecule has 0 unspecified atom stereocenters. The van der Waals surface area contributed by atoms with Crippen LogP contribution < -0.4 is 25.4 Å². The molecule has 0 atom stereocenters. The molecule has 0 bridgehead atoms. The van der Waals surface area contributed by atoms with Crippen LogP contribution in [0, 0.1) is 0 Å². The van der Waals surface area contributed by atoms with Gasteiger partial charge in [0.15, 0.2) is 11.5 Å². The quantitative estimate of drug-likeness (QED) is 0.233. The molecule has 0 saturated heterocycles. The van der Waals surface area contributed by atoms with Gasteiger partial charge in [-0.15, -0.1) is 11.3 Å². The Hall–Kier alpha value is -2.74. The van der Waals surface area contributed by atoms with Gasteiger partial charge >= 0.3 is 0 Å². The van der Waals surface area contributed by atoms with Crippen LogP contribution >= 0.6 is 22.9 Å². The van der Waals surface area contributed by atoms with E-state index in [2.05, 4.69) is 16.0 Å². The van der Waals surface area contributed by atoms with Crippen LogP contribution in [0.2, 0.25) is 5.02 Å². The highest BCUT2D eigenvalue weighted by Gasteiger charge is 2.18. The molecule has 2 aromatic carbocycles. The molecule has 1 saturated carbocycles. The third kappa shape index (κ3) is 6.93. The van der Waals surface area contributed by atoms with Gasteiger partial charge in [-0.1, -0.05) is 43.0 Å². The zero-order valence-corrected chi connectivity index (χ0v) is 22.4. The number of benzene rings is 2. The number of anilines is 2. The molecule has 36 heavy (non-hydrogen) atoms. The molecule has 0 aliphatic heterocycles. The summed E-state index contributed by atoms with van der Waals surface area (Å²) in [7, 11) is 3.42. The summed E-state index contributed by atoms with van der Waals surface area (Å²) in [5.41, 5.74) is 2.43.